The van der Waals surface area contributed by atoms with Crippen molar-refractivity contribution in [2.45, 2.75) is 13.8 Å². The minimum atomic E-state index is -4.86. The van der Waals surface area contributed by atoms with E-state index < -0.39 is 13.7 Å². The minimum absolute atomic E-state index is 0.0427. The molecule has 7 heteroatoms. The lowest BCUT2D eigenvalue weighted by Crippen LogP contribution is -2.14. The Morgan fingerprint density at radius 1 is 0.867 bits per heavy atom. The Bertz CT molecular complexity index is 1340. The van der Waals surface area contributed by atoms with E-state index in [0.29, 0.717) is 11.1 Å². The largest absolute Gasteiger partial charge is 0.524 e. The second-order valence-electron chi connectivity index (χ2n) is 7.25. The highest BCUT2D eigenvalue weighted by atomic mass is 31.2. The Balaban J connectivity index is 1.84. The molecule has 3 N–H and O–H groups in total. The average Bonchev–Trinajstić information content (AvgIpc) is 2.66. The maximum Gasteiger partial charge on any atom is 0.524 e. The molecule has 1 amide bonds. The van der Waals surface area contributed by atoms with Crippen LogP contribution in [0.2, 0.25) is 0 Å². The second kappa shape index (κ2) is 7.58. The average molecular weight is 421 g/mol. The molecule has 0 aliphatic heterocycles. The van der Waals surface area contributed by atoms with Crippen molar-refractivity contribution in [1.29, 1.82) is 0 Å². The van der Waals surface area contributed by atoms with Crippen LogP contribution in [0.5, 0.6) is 5.75 Å². The lowest BCUT2D eigenvalue weighted by molar-refractivity contribution is 0.102. The van der Waals surface area contributed by atoms with Crippen molar-refractivity contribution in [3.05, 3.63) is 83.4 Å². The van der Waals surface area contributed by atoms with E-state index in [2.05, 4.69) is 5.32 Å². The van der Waals surface area contributed by atoms with Crippen LogP contribution in [0.25, 0.3) is 21.5 Å². The topological polar surface area (TPSA) is 95.9 Å². The van der Waals surface area contributed by atoms with Gasteiger partial charge in [0.25, 0.3) is 5.91 Å². The third kappa shape index (κ3) is 4.21. The van der Waals surface area contributed by atoms with Gasteiger partial charge >= 0.3 is 7.82 Å². The van der Waals surface area contributed by atoms with Gasteiger partial charge in [-0.15, -0.1) is 0 Å². The number of carbonyl (C=O) groups is 1. The molecule has 4 aromatic rings. The van der Waals surface area contributed by atoms with Gasteiger partial charge in [-0.1, -0.05) is 42.0 Å². The molecule has 0 aromatic heterocycles. The highest BCUT2D eigenvalue weighted by molar-refractivity contribution is 7.46. The summed E-state index contributed by atoms with van der Waals surface area (Å²) < 4.78 is 16.4. The van der Waals surface area contributed by atoms with Gasteiger partial charge in [-0.05, 0) is 71.3 Å². The summed E-state index contributed by atoms with van der Waals surface area (Å²) in [5.41, 5.74) is 2.61. The normalized spacial score (nSPS) is 11.6. The maximum absolute atomic E-state index is 13.0. The van der Waals surface area contributed by atoms with Crippen LogP contribution in [0, 0.1) is 13.8 Å². The van der Waals surface area contributed by atoms with E-state index in [1.165, 1.54) is 6.07 Å². The predicted octanol–water partition coefficient (Wildman–Crippen LogP) is 5.33. The fourth-order valence-corrected chi connectivity index (χ4v) is 3.90. The number of fused-ring (bicyclic) bond motifs is 2. The Hall–Kier alpha value is -3.18. The smallest absolute Gasteiger partial charge is 0.403 e. The van der Waals surface area contributed by atoms with E-state index in [-0.39, 0.29) is 11.3 Å². The van der Waals surface area contributed by atoms with Crippen molar-refractivity contribution < 1.29 is 23.7 Å². The van der Waals surface area contributed by atoms with Crippen LogP contribution in [0.4, 0.5) is 5.69 Å². The summed E-state index contributed by atoms with van der Waals surface area (Å²) in [6.45, 7) is 3.83. The zero-order valence-corrected chi connectivity index (χ0v) is 17.3. The molecule has 6 nitrogen and oxygen atoms in total. The van der Waals surface area contributed by atoms with Crippen molar-refractivity contribution in [3.63, 3.8) is 0 Å². The van der Waals surface area contributed by atoms with Crippen molar-refractivity contribution in [3.8, 4) is 5.75 Å². The molecule has 0 spiro atoms. The first kappa shape index (κ1) is 20.1. The number of nitrogens with one attached hydrogen (secondary N) is 1. The maximum atomic E-state index is 13.0. The van der Waals surface area contributed by atoms with Gasteiger partial charge in [-0.3, -0.25) is 14.6 Å². The van der Waals surface area contributed by atoms with Crippen LogP contribution in [-0.4, -0.2) is 15.7 Å². The lowest BCUT2D eigenvalue weighted by atomic mass is 10.0. The molecule has 0 radical (unpaired) electrons. The third-order valence-corrected chi connectivity index (χ3v) is 5.33. The molecule has 0 unspecified atom stereocenters. The van der Waals surface area contributed by atoms with E-state index in [4.69, 9.17) is 4.52 Å². The molecule has 0 bridgehead atoms. The summed E-state index contributed by atoms with van der Waals surface area (Å²) in [6, 6.07) is 20.2. The molecule has 0 aliphatic rings. The monoisotopic (exact) mass is 421 g/mol. The fourth-order valence-electron chi connectivity index (χ4n) is 3.50. The van der Waals surface area contributed by atoms with Crippen molar-refractivity contribution >= 4 is 41.0 Å². The molecule has 0 aliphatic carbocycles. The van der Waals surface area contributed by atoms with Crippen LogP contribution in [-0.2, 0) is 4.57 Å². The van der Waals surface area contributed by atoms with Gasteiger partial charge in [-0.25, -0.2) is 4.57 Å². The lowest BCUT2D eigenvalue weighted by Gasteiger charge is -2.15. The Morgan fingerprint density at radius 3 is 2.10 bits per heavy atom. The van der Waals surface area contributed by atoms with Gasteiger partial charge in [0.05, 0.1) is 5.56 Å². The number of aryl methyl sites for hydroxylation is 2. The number of anilines is 1. The molecule has 4 rings (SSSR count). The van der Waals surface area contributed by atoms with E-state index in [9.17, 15) is 19.1 Å². The molecular weight excluding hydrogens is 401 g/mol. The quantitative estimate of drug-likeness (QED) is 0.306. The highest BCUT2D eigenvalue weighted by Gasteiger charge is 2.23. The summed E-state index contributed by atoms with van der Waals surface area (Å²) in [6.07, 6.45) is 0. The summed E-state index contributed by atoms with van der Waals surface area (Å²) >= 11 is 0. The van der Waals surface area contributed by atoms with Crippen molar-refractivity contribution in [2.75, 3.05) is 5.32 Å². The summed E-state index contributed by atoms with van der Waals surface area (Å²) in [5.74, 6) is -0.686. The van der Waals surface area contributed by atoms with Gasteiger partial charge in [0.2, 0.25) is 0 Å². The fraction of sp³-hybridized carbons (Fsp3) is 0.0870. The number of rotatable bonds is 4. The molecule has 0 atom stereocenters. The number of hydrogen-bond donors (Lipinski definition) is 3. The molecular formula is C23H20NO5P. The molecule has 0 fully saturated rings. The summed E-state index contributed by atoms with van der Waals surface area (Å²) in [7, 11) is -4.86. The van der Waals surface area contributed by atoms with Crippen LogP contribution in [0.3, 0.4) is 0 Å². The SMILES string of the molecule is Cc1ccc(NC(=O)c2cc3cc4ccccc4cc3cc2OP(=O)(O)O)c(C)c1. The number of phosphoric acid groups is 1. The highest BCUT2D eigenvalue weighted by Crippen LogP contribution is 2.41. The van der Waals surface area contributed by atoms with Crippen LogP contribution in [0.15, 0.2) is 66.7 Å². The molecule has 0 saturated carbocycles. The zero-order valence-electron chi connectivity index (χ0n) is 16.4. The first-order valence-electron chi connectivity index (χ1n) is 9.30. The Labute approximate surface area is 173 Å². The van der Waals surface area contributed by atoms with Crippen molar-refractivity contribution in [2.24, 2.45) is 0 Å². The summed E-state index contributed by atoms with van der Waals surface area (Å²) in [4.78, 5) is 31.7. The van der Waals surface area contributed by atoms with E-state index in [1.807, 2.05) is 62.4 Å². The number of benzene rings is 4. The van der Waals surface area contributed by atoms with Gasteiger partial charge in [0, 0.05) is 5.69 Å². The second-order valence-corrected chi connectivity index (χ2v) is 8.41. The molecule has 152 valence electrons. The van der Waals surface area contributed by atoms with Crippen LogP contribution < -0.4 is 9.84 Å². The van der Waals surface area contributed by atoms with Gasteiger partial charge in [-0.2, -0.15) is 0 Å². The van der Waals surface area contributed by atoms with Crippen molar-refractivity contribution in [1.82, 2.24) is 0 Å². The minimum Gasteiger partial charge on any atom is -0.403 e. The van der Waals surface area contributed by atoms with E-state index >= 15 is 0 Å². The first-order valence-corrected chi connectivity index (χ1v) is 10.8. The third-order valence-electron chi connectivity index (χ3n) is 4.90. The predicted molar refractivity (Wildman–Crippen MR) is 118 cm³/mol. The number of phosphoric ester groups is 1. The first-order chi connectivity index (χ1) is 14.2. The van der Waals surface area contributed by atoms with Gasteiger partial charge in [0.15, 0.2) is 0 Å². The van der Waals surface area contributed by atoms with Crippen LogP contribution >= 0.6 is 7.82 Å². The molecule has 30 heavy (non-hydrogen) atoms. The van der Waals surface area contributed by atoms with Gasteiger partial charge < -0.3 is 9.84 Å². The van der Waals surface area contributed by atoms with Crippen LogP contribution in [0.1, 0.15) is 21.5 Å². The number of carbonyl (C=O) groups excluding carboxylic acids is 1. The Kier molecular flexibility index (Phi) is 5.08. The van der Waals surface area contributed by atoms with Gasteiger partial charge in [0.1, 0.15) is 5.75 Å². The zero-order chi connectivity index (χ0) is 21.5. The van der Waals surface area contributed by atoms with E-state index in [1.54, 1.807) is 12.1 Å². The van der Waals surface area contributed by atoms with E-state index in [0.717, 1.165) is 27.3 Å². The molecule has 4 aromatic carbocycles. The Morgan fingerprint density at radius 2 is 1.50 bits per heavy atom. The summed E-state index contributed by atoms with van der Waals surface area (Å²) in [5, 5.41) is 6.25. The molecule has 0 saturated heterocycles. The number of hydrogen-bond acceptors (Lipinski definition) is 3. The molecule has 0 heterocycles. The number of amides is 1. The standard InChI is InChI=1S/C23H20NO5P/c1-14-7-8-21(15(2)9-14)24-23(25)20-12-18-10-16-5-3-4-6-17(16)11-19(18)13-22(20)29-30(26,27)28/h3-13H,1-2H3,(H,24,25)(H2,26,27,28).